The van der Waals surface area contributed by atoms with Gasteiger partial charge in [0.15, 0.2) is 0 Å². The number of aromatic nitrogens is 2. The molecule has 3 aromatic carbocycles. The van der Waals surface area contributed by atoms with E-state index in [2.05, 4.69) is 36.7 Å². The average Bonchev–Trinajstić information content (AvgIpc) is 3.39. The Balaban J connectivity index is 1.43. The molecule has 4 aromatic rings. The van der Waals surface area contributed by atoms with Gasteiger partial charge in [0.05, 0.1) is 11.4 Å². The number of hydrogen-bond donors (Lipinski definition) is 3. The number of piperidine rings is 1. The van der Waals surface area contributed by atoms with E-state index >= 15 is 0 Å². The molecule has 1 saturated heterocycles. The lowest BCUT2D eigenvalue weighted by molar-refractivity contribution is -0.121. The molecule has 224 valence electrons. The van der Waals surface area contributed by atoms with Crippen LogP contribution >= 0.6 is 0 Å². The molecule has 43 heavy (non-hydrogen) atoms. The summed E-state index contributed by atoms with van der Waals surface area (Å²) in [4.78, 5) is 27.4. The second kappa shape index (κ2) is 12.9. The minimum absolute atomic E-state index is 0.0134. The van der Waals surface area contributed by atoms with E-state index in [-0.39, 0.29) is 29.4 Å². The fourth-order valence-corrected chi connectivity index (χ4v) is 5.70. The molecular weight excluding hydrogens is 541 g/mol. The van der Waals surface area contributed by atoms with Crippen LogP contribution in [-0.4, -0.2) is 34.7 Å². The summed E-state index contributed by atoms with van der Waals surface area (Å²) in [6.07, 6.45) is 1.80. The quantitative estimate of drug-likeness (QED) is 0.206. The summed E-state index contributed by atoms with van der Waals surface area (Å²) in [7, 11) is 0. The number of carbonyl (C=O) groups is 2. The van der Waals surface area contributed by atoms with Gasteiger partial charge in [-0.1, -0.05) is 68.8 Å². The van der Waals surface area contributed by atoms with E-state index in [0.717, 1.165) is 48.4 Å². The molecule has 1 unspecified atom stereocenters. The number of ketones is 1. The van der Waals surface area contributed by atoms with Gasteiger partial charge in [0, 0.05) is 29.5 Å². The zero-order valence-electron chi connectivity index (χ0n) is 25.3. The third-order valence-corrected chi connectivity index (χ3v) is 8.01. The smallest absolute Gasteiger partial charge is 0.317 e. The zero-order valence-corrected chi connectivity index (χ0v) is 25.3. The van der Waals surface area contributed by atoms with E-state index in [1.807, 2.05) is 61.5 Å². The Morgan fingerprint density at radius 3 is 2.40 bits per heavy atom. The molecule has 2 heterocycles. The third-order valence-electron chi connectivity index (χ3n) is 8.01. The lowest BCUT2D eigenvalue weighted by atomic mass is 9.76. The van der Waals surface area contributed by atoms with Crippen molar-refractivity contribution < 1.29 is 14.0 Å². The van der Waals surface area contributed by atoms with Crippen LogP contribution in [0.3, 0.4) is 0 Å². The lowest BCUT2D eigenvalue weighted by Gasteiger charge is -2.31. The molecule has 0 saturated carbocycles. The summed E-state index contributed by atoms with van der Waals surface area (Å²) in [5.41, 5.74) is 4.59. The SMILES string of the molecule is Cc1ccc(-n2nc(C(C)(C)C)cc2NC(=O)Nc2ccccc2C(C(=O)Cc2cccc(F)c2)C2CCNCC2)cc1. The molecule has 0 spiro atoms. The summed E-state index contributed by atoms with van der Waals surface area (Å²) < 4.78 is 15.7. The van der Waals surface area contributed by atoms with Gasteiger partial charge in [-0.2, -0.15) is 5.10 Å². The molecule has 7 nitrogen and oxygen atoms in total. The van der Waals surface area contributed by atoms with Crippen molar-refractivity contribution in [3.05, 3.63) is 107 Å². The van der Waals surface area contributed by atoms with E-state index in [4.69, 9.17) is 5.10 Å². The van der Waals surface area contributed by atoms with Gasteiger partial charge in [0.25, 0.3) is 0 Å². The fourth-order valence-electron chi connectivity index (χ4n) is 5.70. The van der Waals surface area contributed by atoms with Crippen molar-refractivity contribution in [3.8, 4) is 5.69 Å². The Morgan fingerprint density at radius 1 is 0.977 bits per heavy atom. The standard InChI is InChI=1S/C35H40FN5O2/c1-23-12-14-27(15-13-23)41-32(22-31(40-41)35(2,3)4)39-34(43)38-29-11-6-5-10-28(29)33(25-16-18-37-19-17-25)30(42)21-24-8-7-9-26(36)20-24/h5-15,20,22,25,33,37H,16-19,21H2,1-4H3,(H2,38,39,43). The van der Waals surface area contributed by atoms with E-state index < -0.39 is 11.9 Å². The molecule has 8 heteroatoms. The Bertz CT molecular complexity index is 1580. The van der Waals surface area contributed by atoms with Crippen LogP contribution in [0.25, 0.3) is 5.69 Å². The molecule has 1 atom stereocenters. The maximum atomic E-state index is 13.9. The molecule has 1 aromatic heterocycles. The van der Waals surface area contributed by atoms with Crippen LogP contribution in [0.5, 0.6) is 0 Å². The summed E-state index contributed by atoms with van der Waals surface area (Å²) in [6.45, 7) is 9.91. The molecule has 2 amide bonds. The van der Waals surface area contributed by atoms with Crippen molar-refractivity contribution in [1.29, 1.82) is 0 Å². The first kappa shape index (κ1) is 30.2. The molecule has 0 radical (unpaired) electrons. The van der Waals surface area contributed by atoms with Crippen molar-refractivity contribution in [3.63, 3.8) is 0 Å². The van der Waals surface area contributed by atoms with Gasteiger partial charge in [-0.25, -0.2) is 13.9 Å². The second-order valence-corrected chi connectivity index (χ2v) is 12.4. The van der Waals surface area contributed by atoms with Crippen LogP contribution in [0.1, 0.15) is 61.9 Å². The number of urea groups is 1. The van der Waals surface area contributed by atoms with Gasteiger partial charge < -0.3 is 10.6 Å². The number of para-hydroxylation sites is 1. The molecular formula is C35H40FN5O2. The highest BCUT2D eigenvalue weighted by molar-refractivity contribution is 6.01. The van der Waals surface area contributed by atoms with Crippen molar-refractivity contribution in [2.45, 2.75) is 58.3 Å². The summed E-state index contributed by atoms with van der Waals surface area (Å²) in [5, 5.41) is 14.2. The second-order valence-electron chi connectivity index (χ2n) is 12.4. The number of hydrogen-bond acceptors (Lipinski definition) is 4. The average molecular weight is 582 g/mol. The number of halogens is 1. The zero-order chi connectivity index (χ0) is 30.6. The minimum Gasteiger partial charge on any atom is -0.317 e. The first-order chi connectivity index (χ1) is 20.6. The highest BCUT2D eigenvalue weighted by atomic mass is 19.1. The Labute approximate surface area is 252 Å². The highest BCUT2D eigenvalue weighted by Crippen LogP contribution is 2.37. The number of Topliss-reactive ketones (excluding diaryl/α,β-unsaturated/α-hetero) is 1. The van der Waals surface area contributed by atoms with Crippen molar-refractivity contribution in [1.82, 2.24) is 15.1 Å². The Kier molecular flexibility index (Phi) is 9.06. The van der Waals surface area contributed by atoms with Crippen LogP contribution in [-0.2, 0) is 16.6 Å². The van der Waals surface area contributed by atoms with Gasteiger partial charge in [-0.05, 0) is 80.2 Å². The summed E-state index contributed by atoms with van der Waals surface area (Å²) >= 11 is 0. The molecule has 1 aliphatic heterocycles. The molecule has 0 bridgehead atoms. The van der Waals surface area contributed by atoms with E-state index in [1.54, 1.807) is 16.8 Å². The molecule has 1 fully saturated rings. The predicted molar refractivity (Wildman–Crippen MR) is 170 cm³/mol. The maximum absolute atomic E-state index is 13.9. The Morgan fingerprint density at radius 2 is 1.70 bits per heavy atom. The van der Waals surface area contributed by atoms with Gasteiger partial charge in [-0.3, -0.25) is 10.1 Å². The van der Waals surface area contributed by atoms with Crippen LogP contribution in [0.4, 0.5) is 20.7 Å². The number of aryl methyl sites for hydroxylation is 1. The first-order valence-electron chi connectivity index (χ1n) is 14.9. The number of nitrogens with one attached hydrogen (secondary N) is 3. The van der Waals surface area contributed by atoms with Gasteiger partial charge in [-0.15, -0.1) is 0 Å². The fraction of sp³-hybridized carbons (Fsp3) is 0.343. The Hall–Kier alpha value is -4.30. The largest absolute Gasteiger partial charge is 0.324 e. The number of nitrogens with zero attached hydrogens (tertiary/aromatic N) is 2. The number of anilines is 2. The van der Waals surface area contributed by atoms with E-state index in [1.165, 1.54) is 12.1 Å². The van der Waals surface area contributed by atoms with Crippen LogP contribution in [0.2, 0.25) is 0 Å². The molecule has 0 aliphatic carbocycles. The topological polar surface area (TPSA) is 88.1 Å². The third kappa shape index (κ3) is 7.38. The number of rotatable bonds is 8. The van der Waals surface area contributed by atoms with Crippen LogP contribution in [0, 0.1) is 18.7 Å². The van der Waals surface area contributed by atoms with Crippen LogP contribution < -0.4 is 16.0 Å². The lowest BCUT2D eigenvalue weighted by Crippen LogP contribution is -2.34. The van der Waals surface area contributed by atoms with E-state index in [9.17, 15) is 14.0 Å². The normalized spacial score (nSPS) is 14.7. The minimum atomic E-state index is -0.438. The number of amides is 2. The molecule has 5 rings (SSSR count). The van der Waals surface area contributed by atoms with Gasteiger partial charge in [0.2, 0.25) is 0 Å². The maximum Gasteiger partial charge on any atom is 0.324 e. The highest BCUT2D eigenvalue weighted by Gasteiger charge is 2.33. The molecule has 3 N–H and O–H groups in total. The van der Waals surface area contributed by atoms with Crippen molar-refractivity contribution in [2.75, 3.05) is 23.7 Å². The van der Waals surface area contributed by atoms with Gasteiger partial charge in [0.1, 0.15) is 17.4 Å². The van der Waals surface area contributed by atoms with Crippen LogP contribution in [0.15, 0.2) is 78.9 Å². The molecule has 1 aliphatic rings. The van der Waals surface area contributed by atoms with E-state index in [0.29, 0.717) is 17.1 Å². The van der Waals surface area contributed by atoms with Crippen molar-refractivity contribution in [2.24, 2.45) is 5.92 Å². The van der Waals surface area contributed by atoms with Gasteiger partial charge >= 0.3 is 6.03 Å². The number of benzene rings is 3. The number of carbonyl (C=O) groups excluding carboxylic acids is 2. The monoisotopic (exact) mass is 581 g/mol. The predicted octanol–water partition coefficient (Wildman–Crippen LogP) is 7.16. The first-order valence-corrected chi connectivity index (χ1v) is 14.9. The summed E-state index contributed by atoms with van der Waals surface area (Å²) in [5.74, 6) is -0.139. The van der Waals surface area contributed by atoms with Crippen molar-refractivity contribution >= 4 is 23.3 Å². The summed E-state index contributed by atoms with van der Waals surface area (Å²) in [6, 6.07) is 23.1.